The van der Waals surface area contributed by atoms with Crippen LogP contribution in [0.2, 0.25) is 5.02 Å². The quantitative estimate of drug-likeness (QED) is 0.793. The average Bonchev–Trinajstić information content (AvgIpc) is 3.17. The normalized spacial score (nSPS) is 18.0. The molecule has 1 atom stereocenters. The van der Waals surface area contributed by atoms with E-state index in [1.807, 2.05) is 36.9 Å². The zero-order valence-electron chi connectivity index (χ0n) is 13.1. The molecule has 1 saturated heterocycles. The molecule has 0 radical (unpaired) electrons. The molecular formula is C18H18ClN5. The van der Waals surface area contributed by atoms with Gasteiger partial charge in [-0.1, -0.05) is 23.7 Å². The van der Waals surface area contributed by atoms with Gasteiger partial charge in [-0.25, -0.2) is 0 Å². The summed E-state index contributed by atoms with van der Waals surface area (Å²) in [7, 11) is 0. The van der Waals surface area contributed by atoms with Gasteiger partial charge in [0.05, 0.1) is 17.9 Å². The SMILES string of the molecule is Clc1ccc(C2CN(c3ccncc3)CCN2c2cn[nH]c2)cc1. The number of aromatic nitrogens is 3. The van der Waals surface area contributed by atoms with Gasteiger partial charge >= 0.3 is 0 Å². The standard InChI is InChI=1S/C18H18ClN5/c19-15-3-1-14(2-4-15)18-13-23(16-5-7-20-8-6-16)9-10-24(18)17-11-21-22-12-17/h1-8,11-12,18H,9-10,13H2,(H,21,22). The van der Waals surface area contributed by atoms with Gasteiger partial charge in [0, 0.05) is 48.9 Å². The number of hydrogen-bond acceptors (Lipinski definition) is 4. The van der Waals surface area contributed by atoms with Crippen molar-refractivity contribution >= 4 is 23.0 Å². The summed E-state index contributed by atoms with van der Waals surface area (Å²) in [6, 6.07) is 12.5. The Kier molecular flexibility index (Phi) is 4.09. The monoisotopic (exact) mass is 339 g/mol. The van der Waals surface area contributed by atoms with Crippen molar-refractivity contribution in [2.24, 2.45) is 0 Å². The zero-order valence-corrected chi connectivity index (χ0v) is 13.9. The number of pyridine rings is 1. The molecule has 24 heavy (non-hydrogen) atoms. The summed E-state index contributed by atoms with van der Waals surface area (Å²) < 4.78 is 0. The van der Waals surface area contributed by atoms with Crippen molar-refractivity contribution in [3.8, 4) is 0 Å². The molecule has 5 nitrogen and oxygen atoms in total. The topological polar surface area (TPSA) is 48.1 Å². The smallest absolute Gasteiger partial charge is 0.0756 e. The molecule has 0 bridgehead atoms. The fraction of sp³-hybridized carbons (Fsp3) is 0.222. The first-order chi connectivity index (χ1) is 11.8. The lowest BCUT2D eigenvalue weighted by molar-refractivity contribution is 0.539. The van der Waals surface area contributed by atoms with Gasteiger partial charge in [0.2, 0.25) is 0 Å². The van der Waals surface area contributed by atoms with E-state index >= 15 is 0 Å². The predicted molar refractivity (Wildman–Crippen MR) is 96.6 cm³/mol. The van der Waals surface area contributed by atoms with Crippen LogP contribution in [0.25, 0.3) is 0 Å². The predicted octanol–water partition coefficient (Wildman–Crippen LogP) is 3.53. The van der Waals surface area contributed by atoms with E-state index in [9.17, 15) is 0 Å². The van der Waals surface area contributed by atoms with Crippen molar-refractivity contribution in [2.75, 3.05) is 29.4 Å². The molecule has 1 aliphatic rings. The number of H-pyrrole nitrogens is 1. The third-order valence-electron chi connectivity index (χ3n) is 4.48. The fourth-order valence-corrected chi connectivity index (χ4v) is 3.38. The summed E-state index contributed by atoms with van der Waals surface area (Å²) in [6.07, 6.45) is 7.51. The molecule has 0 aliphatic carbocycles. The van der Waals surface area contributed by atoms with Crippen LogP contribution in [-0.4, -0.2) is 34.8 Å². The number of nitrogens with one attached hydrogen (secondary N) is 1. The van der Waals surface area contributed by atoms with Gasteiger partial charge in [0.15, 0.2) is 0 Å². The molecule has 0 spiro atoms. The highest BCUT2D eigenvalue weighted by Gasteiger charge is 2.29. The van der Waals surface area contributed by atoms with E-state index in [-0.39, 0.29) is 6.04 Å². The second-order valence-corrected chi connectivity index (χ2v) is 6.31. The summed E-state index contributed by atoms with van der Waals surface area (Å²) >= 11 is 6.07. The summed E-state index contributed by atoms with van der Waals surface area (Å²) in [5.41, 5.74) is 3.57. The maximum atomic E-state index is 6.07. The highest BCUT2D eigenvalue weighted by atomic mass is 35.5. The number of piperazine rings is 1. The number of aromatic amines is 1. The molecule has 1 aromatic carbocycles. The van der Waals surface area contributed by atoms with Crippen LogP contribution in [0.5, 0.6) is 0 Å². The maximum absolute atomic E-state index is 6.07. The molecule has 0 amide bonds. The Labute approximate surface area is 145 Å². The van der Waals surface area contributed by atoms with E-state index < -0.39 is 0 Å². The molecule has 1 fully saturated rings. The minimum absolute atomic E-state index is 0.238. The lowest BCUT2D eigenvalue weighted by atomic mass is 10.0. The minimum Gasteiger partial charge on any atom is -0.367 e. The van der Waals surface area contributed by atoms with E-state index in [4.69, 9.17) is 11.6 Å². The zero-order chi connectivity index (χ0) is 16.4. The van der Waals surface area contributed by atoms with Gasteiger partial charge in [-0.3, -0.25) is 10.1 Å². The lowest BCUT2D eigenvalue weighted by Crippen LogP contribution is -2.48. The number of halogens is 1. The van der Waals surface area contributed by atoms with E-state index in [1.54, 1.807) is 0 Å². The van der Waals surface area contributed by atoms with Crippen molar-refractivity contribution in [3.05, 3.63) is 71.8 Å². The van der Waals surface area contributed by atoms with Crippen LogP contribution in [0.15, 0.2) is 61.2 Å². The molecule has 3 heterocycles. The highest BCUT2D eigenvalue weighted by molar-refractivity contribution is 6.30. The summed E-state index contributed by atoms with van der Waals surface area (Å²) in [6.45, 7) is 2.78. The molecule has 6 heteroatoms. The molecule has 122 valence electrons. The van der Waals surface area contributed by atoms with Crippen LogP contribution in [0.3, 0.4) is 0 Å². The maximum Gasteiger partial charge on any atom is 0.0756 e. The van der Waals surface area contributed by atoms with Crippen LogP contribution in [0, 0.1) is 0 Å². The fourth-order valence-electron chi connectivity index (χ4n) is 3.25. The van der Waals surface area contributed by atoms with Crippen molar-refractivity contribution in [1.82, 2.24) is 15.2 Å². The van der Waals surface area contributed by atoms with Gasteiger partial charge in [-0.2, -0.15) is 5.10 Å². The number of anilines is 2. The Hall–Kier alpha value is -2.53. The Morgan fingerprint density at radius 2 is 1.79 bits per heavy atom. The molecule has 1 aliphatic heterocycles. The van der Waals surface area contributed by atoms with E-state index in [2.05, 4.69) is 49.2 Å². The highest BCUT2D eigenvalue weighted by Crippen LogP contribution is 2.32. The van der Waals surface area contributed by atoms with Crippen LogP contribution in [-0.2, 0) is 0 Å². The van der Waals surface area contributed by atoms with Crippen molar-refractivity contribution in [1.29, 1.82) is 0 Å². The molecule has 4 rings (SSSR count). The summed E-state index contributed by atoms with van der Waals surface area (Å²) in [5.74, 6) is 0. The first-order valence-corrected chi connectivity index (χ1v) is 8.35. The van der Waals surface area contributed by atoms with Gasteiger partial charge in [0.25, 0.3) is 0 Å². The van der Waals surface area contributed by atoms with Crippen molar-refractivity contribution in [2.45, 2.75) is 6.04 Å². The minimum atomic E-state index is 0.238. The average molecular weight is 340 g/mol. The number of nitrogens with zero attached hydrogens (tertiary/aromatic N) is 4. The molecular weight excluding hydrogens is 322 g/mol. The first-order valence-electron chi connectivity index (χ1n) is 7.97. The van der Waals surface area contributed by atoms with E-state index in [0.29, 0.717) is 0 Å². The van der Waals surface area contributed by atoms with E-state index in [0.717, 1.165) is 30.3 Å². The van der Waals surface area contributed by atoms with Gasteiger partial charge in [0.1, 0.15) is 0 Å². The van der Waals surface area contributed by atoms with Gasteiger partial charge < -0.3 is 9.80 Å². The Bertz CT molecular complexity index is 773. The molecule has 3 aromatic rings. The van der Waals surface area contributed by atoms with Crippen LogP contribution < -0.4 is 9.80 Å². The van der Waals surface area contributed by atoms with E-state index in [1.165, 1.54) is 11.3 Å². The Morgan fingerprint density at radius 3 is 2.50 bits per heavy atom. The third-order valence-corrected chi connectivity index (χ3v) is 4.73. The molecule has 1 unspecified atom stereocenters. The lowest BCUT2D eigenvalue weighted by Gasteiger charge is -2.43. The van der Waals surface area contributed by atoms with Crippen molar-refractivity contribution < 1.29 is 0 Å². The van der Waals surface area contributed by atoms with Crippen molar-refractivity contribution in [3.63, 3.8) is 0 Å². The first kappa shape index (κ1) is 15.0. The molecule has 1 N–H and O–H groups in total. The number of benzene rings is 1. The third kappa shape index (κ3) is 2.95. The van der Waals surface area contributed by atoms with Crippen LogP contribution in [0.1, 0.15) is 11.6 Å². The second-order valence-electron chi connectivity index (χ2n) is 5.87. The largest absolute Gasteiger partial charge is 0.367 e. The van der Waals surface area contributed by atoms with Crippen LogP contribution >= 0.6 is 11.6 Å². The Morgan fingerprint density at radius 1 is 1.00 bits per heavy atom. The second kappa shape index (κ2) is 6.53. The summed E-state index contributed by atoms with van der Waals surface area (Å²) in [5, 5.41) is 7.78. The Balaban J connectivity index is 1.66. The van der Waals surface area contributed by atoms with Crippen LogP contribution in [0.4, 0.5) is 11.4 Å². The van der Waals surface area contributed by atoms with Gasteiger partial charge in [-0.05, 0) is 29.8 Å². The molecule has 2 aromatic heterocycles. The number of hydrogen-bond donors (Lipinski definition) is 1. The number of rotatable bonds is 3. The van der Waals surface area contributed by atoms with Gasteiger partial charge in [-0.15, -0.1) is 0 Å². The summed E-state index contributed by atoms with van der Waals surface area (Å²) in [4.78, 5) is 8.91. The molecule has 0 saturated carbocycles.